The van der Waals surface area contributed by atoms with Crippen LogP contribution in [0.4, 0.5) is 4.39 Å². The van der Waals surface area contributed by atoms with E-state index in [2.05, 4.69) is 19.2 Å². The largest absolute Gasteiger partial charge is 0.314 e. The van der Waals surface area contributed by atoms with Gasteiger partial charge >= 0.3 is 0 Å². The van der Waals surface area contributed by atoms with Crippen molar-refractivity contribution >= 4 is 0 Å². The molecule has 1 fully saturated rings. The third kappa shape index (κ3) is 3.29. The molecule has 1 nitrogen and oxygen atoms in total. The van der Waals surface area contributed by atoms with Gasteiger partial charge in [0.25, 0.3) is 0 Å². The maximum absolute atomic E-state index is 13.8. The Kier molecular flexibility index (Phi) is 4.16. The Balaban J connectivity index is 2.10. The molecule has 94 valence electrons. The lowest BCUT2D eigenvalue weighted by Crippen LogP contribution is -2.35. The topological polar surface area (TPSA) is 12.0 Å². The molecule has 0 saturated carbocycles. The number of piperidine rings is 1. The normalized spacial score (nSPS) is 20.8. The summed E-state index contributed by atoms with van der Waals surface area (Å²) in [4.78, 5) is 0. The molecule has 0 radical (unpaired) electrons. The van der Waals surface area contributed by atoms with Crippen LogP contribution in [0.15, 0.2) is 18.2 Å². The molecule has 0 spiro atoms. The van der Waals surface area contributed by atoms with E-state index < -0.39 is 0 Å². The van der Waals surface area contributed by atoms with Crippen LogP contribution in [0.3, 0.4) is 0 Å². The molecule has 1 aromatic carbocycles. The summed E-state index contributed by atoms with van der Waals surface area (Å²) in [5.41, 5.74) is 2.10. The molecule has 2 rings (SSSR count). The fourth-order valence-corrected chi connectivity index (χ4v) is 2.47. The number of nitrogens with one attached hydrogen (secondary N) is 1. The third-order valence-electron chi connectivity index (χ3n) is 3.62. The highest BCUT2D eigenvalue weighted by atomic mass is 19.1. The summed E-state index contributed by atoms with van der Waals surface area (Å²) in [7, 11) is 0. The highest BCUT2D eigenvalue weighted by molar-refractivity contribution is 5.28. The molecule has 0 bridgehead atoms. The van der Waals surface area contributed by atoms with Crippen LogP contribution in [0.1, 0.15) is 50.2 Å². The Labute approximate surface area is 103 Å². The van der Waals surface area contributed by atoms with Gasteiger partial charge in [-0.15, -0.1) is 0 Å². The maximum atomic E-state index is 13.8. The van der Waals surface area contributed by atoms with E-state index in [1.54, 1.807) is 6.07 Å². The average molecular weight is 235 g/mol. The maximum Gasteiger partial charge on any atom is 0.126 e. The van der Waals surface area contributed by atoms with E-state index in [-0.39, 0.29) is 5.82 Å². The highest BCUT2D eigenvalue weighted by Crippen LogP contribution is 2.21. The van der Waals surface area contributed by atoms with Crippen molar-refractivity contribution in [3.8, 4) is 0 Å². The van der Waals surface area contributed by atoms with Crippen molar-refractivity contribution in [1.29, 1.82) is 0 Å². The first kappa shape index (κ1) is 12.6. The minimum absolute atomic E-state index is 0.0539. The van der Waals surface area contributed by atoms with Gasteiger partial charge in [-0.1, -0.05) is 32.4 Å². The standard InChI is InChI=1S/C15H22FN/c1-11(2)12-6-7-15(16)13(9-12)10-14-5-3-4-8-17-14/h6-7,9,11,14,17H,3-5,8,10H2,1-2H3. The summed E-state index contributed by atoms with van der Waals surface area (Å²) < 4.78 is 13.8. The molecule has 2 heteroatoms. The lowest BCUT2D eigenvalue weighted by Gasteiger charge is -2.24. The molecule has 1 atom stereocenters. The van der Waals surface area contributed by atoms with E-state index in [0.29, 0.717) is 12.0 Å². The van der Waals surface area contributed by atoms with Crippen molar-refractivity contribution in [3.05, 3.63) is 35.1 Å². The Hall–Kier alpha value is -0.890. The fraction of sp³-hybridized carbons (Fsp3) is 0.600. The zero-order valence-corrected chi connectivity index (χ0v) is 10.8. The number of benzene rings is 1. The van der Waals surface area contributed by atoms with E-state index in [1.165, 1.54) is 24.8 Å². The van der Waals surface area contributed by atoms with Crippen LogP contribution in [0.5, 0.6) is 0 Å². The molecule has 1 saturated heterocycles. The quantitative estimate of drug-likeness (QED) is 0.843. The van der Waals surface area contributed by atoms with E-state index in [4.69, 9.17) is 0 Å². The van der Waals surface area contributed by atoms with E-state index >= 15 is 0 Å². The molecule has 1 aromatic rings. The Morgan fingerprint density at radius 2 is 2.18 bits per heavy atom. The summed E-state index contributed by atoms with van der Waals surface area (Å²) >= 11 is 0. The second kappa shape index (κ2) is 5.63. The summed E-state index contributed by atoms with van der Waals surface area (Å²) in [5, 5.41) is 3.48. The molecule has 0 aromatic heterocycles. The lowest BCUT2D eigenvalue weighted by molar-refractivity contribution is 0.395. The van der Waals surface area contributed by atoms with Crippen molar-refractivity contribution in [1.82, 2.24) is 5.32 Å². The number of hydrogen-bond acceptors (Lipinski definition) is 1. The Morgan fingerprint density at radius 3 is 2.82 bits per heavy atom. The van der Waals surface area contributed by atoms with Crippen LogP contribution in [0.2, 0.25) is 0 Å². The molecule has 1 aliphatic heterocycles. The lowest BCUT2D eigenvalue weighted by atomic mass is 9.94. The fourth-order valence-electron chi connectivity index (χ4n) is 2.47. The summed E-state index contributed by atoms with van der Waals surface area (Å²) in [6.45, 7) is 5.38. The van der Waals surface area contributed by atoms with Crippen LogP contribution in [0, 0.1) is 5.82 Å². The second-order valence-corrected chi connectivity index (χ2v) is 5.36. The Bertz CT molecular complexity index is 367. The molecule has 1 aliphatic rings. The Morgan fingerprint density at radius 1 is 1.35 bits per heavy atom. The van der Waals surface area contributed by atoms with Crippen LogP contribution in [-0.4, -0.2) is 12.6 Å². The molecule has 1 unspecified atom stereocenters. The van der Waals surface area contributed by atoms with Gasteiger partial charge in [-0.05, 0) is 48.9 Å². The zero-order chi connectivity index (χ0) is 12.3. The predicted molar refractivity (Wildman–Crippen MR) is 69.8 cm³/mol. The zero-order valence-electron chi connectivity index (χ0n) is 10.8. The molecule has 1 heterocycles. The number of halogens is 1. The first-order valence-electron chi connectivity index (χ1n) is 6.68. The second-order valence-electron chi connectivity index (χ2n) is 5.36. The smallest absolute Gasteiger partial charge is 0.126 e. The first-order chi connectivity index (χ1) is 8.16. The van der Waals surface area contributed by atoms with Crippen LogP contribution in [0.25, 0.3) is 0 Å². The molecule has 0 amide bonds. The van der Waals surface area contributed by atoms with Gasteiger partial charge in [-0.3, -0.25) is 0 Å². The van der Waals surface area contributed by atoms with Gasteiger partial charge in [0.1, 0.15) is 5.82 Å². The molecule has 17 heavy (non-hydrogen) atoms. The molecular formula is C15H22FN. The third-order valence-corrected chi connectivity index (χ3v) is 3.62. The average Bonchev–Trinajstić information content (AvgIpc) is 2.33. The van der Waals surface area contributed by atoms with E-state index in [1.807, 2.05) is 12.1 Å². The van der Waals surface area contributed by atoms with Gasteiger partial charge in [0, 0.05) is 6.04 Å². The number of rotatable bonds is 3. The van der Waals surface area contributed by atoms with Crippen molar-refractivity contribution in [2.45, 2.75) is 51.5 Å². The van der Waals surface area contributed by atoms with Gasteiger partial charge in [-0.2, -0.15) is 0 Å². The van der Waals surface area contributed by atoms with Crippen molar-refractivity contribution in [2.24, 2.45) is 0 Å². The molecule has 0 aliphatic carbocycles. The van der Waals surface area contributed by atoms with E-state index in [0.717, 1.165) is 18.5 Å². The first-order valence-corrected chi connectivity index (χ1v) is 6.68. The predicted octanol–water partition coefficient (Wildman–Crippen LogP) is 3.63. The van der Waals surface area contributed by atoms with Crippen molar-refractivity contribution in [3.63, 3.8) is 0 Å². The van der Waals surface area contributed by atoms with Gasteiger partial charge in [0.2, 0.25) is 0 Å². The van der Waals surface area contributed by atoms with Gasteiger partial charge < -0.3 is 5.32 Å². The monoisotopic (exact) mass is 235 g/mol. The van der Waals surface area contributed by atoms with Gasteiger partial charge in [0.15, 0.2) is 0 Å². The van der Waals surface area contributed by atoms with Crippen molar-refractivity contribution < 1.29 is 4.39 Å². The molecule has 1 N–H and O–H groups in total. The van der Waals surface area contributed by atoms with Gasteiger partial charge in [-0.25, -0.2) is 4.39 Å². The summed E-state index contributed by atoms with van der Waals surface area (Å²) in [6, 6.07) is 6.02. The van der Waals surface area contributed by atoms with Gasteiger partial charge in [0.05, 0.1) is 0 Å². The summed E-state index contributed by atoms with van der Waals surface area (Å²) in [6.07, 6.45) is 4.52. The highest BCUT2D eigenvalue weighted by Gasteiger charge is 2.15. The van der Waals surface area contributed by atoms with Crippen LogP contribution in [-0.2, 0) is 6.42 Å². The SMILES string of the molecule is CC(C)c1ccc(F)c(CC2CCCCN2)c1. The van der Waals surface area contributed by atoms with Crippen LogP contribution >= 0.6 is 0 Å². The number of hydrogen-bond donors (Lipinski definition) is 1. The minimum atomic E-state index is -0.0539. The van der Waals surface area contributed by atoms with E-state index in [9.17, 15) is 4.39 Å². The van der Waals surface area contributed by atoms with Crippen LogP contribution < -0.4 is 5.32 Å². The molecular weight excluding hydrogens is 213 g/mol. The van der Waals surface area contributed by atoms with Crippen molar-refractivity contribution in [2.75, 3.05) is 6.54 Å². The minimum Gasteiger partial charge on any atom is -0.314 e. The summed E-state index contributed by atoms with van der Waals surface area (Å²) in [5.74, 6) is 0.412.